The van der Waals surface area contributed by atoms with E-state index in [0.29, 0.717) is 23.2 Å². The molecule has 2 rings (SSSR count). The molecule has 108 valence electrons. The van der Waals surface area contributed by atoms with Crippen LogP contribution in [0.3, 0.4) is 0 Å². The first-order valence-electron chi connectivity index (χ1n) is 6.81. The van der Waals surface area contributed by atoms with Gasteiger partial charge in [-0.15, -0.1) is 0 Å². The van der Waals surface area contributed by atoms with Crippen LogP contribution in [-0.4, -0.2) is 11.7 Å². The SMILES string of the molecule is CCCC(=O)Nc1ccc(Br)cc1C(=O)c1ccccc1. The molecule has 0 aliphatic heterocycles. The Balaban J connectivity index is 2.35. The van der Waals surface area contributed by atoms with Gasteiger partial charge in [-0.3, -0.25) is 9.59 Å². The van der Waals surface area contributed by atoms with E-state index >= 15 is 0 Å². The van der Waals surface area contributed by atoms with Gasteiger partial charge in [-0.2, -0.15) is 0 Å². The van der Waals surface area contributed by atoms with E-state index in [1.165, 1.54) is 0 Å². The number of benzene rings is 2. The molecule has 0 aliphatic carbocycles. The normalized spacial score (nSPS) is 10.2. The molecule has 0 fully saturated rings. The lowest BCUT2D eigenvalue weighted by molar-refractivity contribution is -0.116. The molecule has 21 heavy (non-hydrogen) atoms. The second-order valence-corrected chi connectivity index (χ2v) is 5.60. The van der Waals surface area contributed by atoms with E-state index in [1.54, 1.807) is 24.3 Å². The summed E-state index contributed by atoms with van der Waals surface area (Å²) < 4.78 is 0.801. The highest BCUT2D eigenvalue weighted by molar-refractivity contribution is 9.10. The maximum Gasteiger partial charge on any atom is 0.224 e. The fourth-order valence-electron chi connectivity index (χ4n) is 2.00. The van der Waals surface area contributed by atoms with Crippen molar-refractivity contribution in [3.05, 3.63) is 64.1 Å². The predicted octanol–water partition coefficient (Wildman–Crippen LogP) is 4.42. The van der Waals surface area contributed by atoms with Gasteiger partial charge in [0.15, 0.2) is 5.78 Å². The molecular weight excluding hydrogens is 330 g/mol. The number of nitrogens with one attached hydrogen (secondary N) is 1. The molecule has 0 unspecified atom stereocenters. The van der Waals surface area contributed by atoms with Gasteiger partial charge in [0.25, 0.3) is 0 Å². The molecule has 0 aromatic heterocycles. The van der Waals surface area contributed by atoms with Gasteiger partial charge in [-0.1, -0.05) is 53.2 Å². The summed E-state index contributed by atoms with van der Waals surface area (Å²) in [7, 11) is 0. The largest absolute Gasteiger partial charge is 0.325 e. The molecule has 0 saturated carbocycles. The van der Waals surface area contributed by atoms with E-state index in [2.05, 4.69) is 21.2 Å². The monoisotopic (exact) mass is 345 g/mol. The molecule has 0 aliphatic rings. The standard InChI is InChI=1S/C17H16BrNO2/c1-2-6-16(20)19-15-10-9-13(18)11-14(15)17(21)12-7-4-3-5-8-12/h3-5,7-11H,2,6H2,1H3,(H,19,20). The Labute approximate surface area is 132 Å². The van der Waals surface area contributed by atoms with Crippen molar-refractivity contribution in [3.63, 3.8) is 0 Å². The predicted molar refractivity (Wildman–Crippen MR) is 87.6 cm³/mol. The molecule has 0 atom stereocenters. The molecule has 2 aromatic carbocycles. The van der Waals surface area contributed by atoms with Gasteiger partial charge in [0.05, 0.1) is 5.69 Å². The van der Waals surface area contributed by atoms with Gasteiger partial charge in [0, 0.05) is 22.0 Å². The van der Waals surface area contributed by atoms with Crippen molar-refractivity contribution in [2.75, 3.05) is 5.32 Å². The summed E-state index contributed by atoms with van der Waals surface area (Å²) in [5.74, 6) is -0.189. The van der Waals surface area contributed by atoms with Crippen molar-refractivity contribution in [2.24, 2.45) is 0 Å². The zero-order valence-corrected chi connectivity index (χ0v) is 13.3. The van der Waals surface area contributed by atoms with Crippen LogP contribution in [0.25, 0.3) is 0 Å². The van der Waals surface area contributed by atoms with Crippen molar-refractivity contribution >= 4 is 33.3 Å². The Morgan fingerprint density at radius 3 is 2.48 bits per heavy atom. The van der Waals surface area contributed by atoms with Crippen LogP contribution in [0, 0.1) is 0 Å². The first-order valence-corrected chi connectivity index (χ1v) is 7.60. The third-order valence-corrected chi connectivity index (χ3v) is 3.51. The van der Waals surface area contributed by atoms with Crippen molar-refractivity contribution in [1.82, 2.24) is 0 Å². The Kier molecular flexibility index (Phi) is 5.28. The molecule has 1 amide bonds. The number of carbonyl (C=O) groups is 2. The quantitative estimate of drug-likeness (QED) is 0.815. The minimum atomic E-state index is -0.108. The minimum Gasteiger partial charge on any atom is -0.325 e. The molecule has 0 heterocycles. The molecule has 1 N–H and O–H groups in total. The summed E-state index contributed by atoms with van der Waals surface area (Å²) in [6, 6.07) is 14.3. The van der Waals surface area contributed by atoms with E-state index in [4.69, 9.17) is 0 Å². The smallest absolute Gasteiger partial charge is 0.224 e. The number of ketones is 1. The maximum atomic E-state index is 12.6. The Bertz CT molecular complexity index is 653. The second kappa shape index (κ2) is 7.18. The lowest BCUT2D eigenvalue weighted by Crippen LogP contribution is -2.14. The van der Waals surface area contributed by atoms with Crippen LogP contribution in [-0.2, 0) is 4.79 Å². The van der Waals surface area contributed by atoms with Gasteiger partial charge in [0.2, 0.25) is 5.91 Å². The fraction of sp³-hybridized carbons (Fsp3) is 0.176. The van der Waals surface area contributed by atoms with Crippen molar-refractivity contribution in [2.45, 2.75) is 19.8 Å². The third kappa shape index (κ3) is 4.02. The Morgan fingerprint density at radius 1 is 1.10 bits per heavy atom. The molecule has 0 spiro atoms. The zero-order chi connectivity index (χ0) is 15.2. The highest BCUT2D eigenvalue weighted by atomic mass is 79.9. The van der Waals surface area contributed by atoms with Gasteiger partial charge in [-0.05, 0) is 24.6 Å². The van der Waals surface area contributed by atoms with Crippen molar-refractivity contribution < 1.29 is 9.59 Å². The van der Waals surface area contributed by atoms with Crippen LogP contribution in [0.15, 0.2) is 53.0 Å². The summed E-state index contributed by atoms with van der Waals surface area (Å²) >= 11 is 3.37. The first kappa shape index (κ1) is 15.4. The van der Waals surface area contributed by atoms with E-state index in [1.807, 2.05) is 31.2 Å². The van der Waals surface area contributed by atoms with E-state index in [-0.39, 0.29) is 11.7 Å². The van der Waals surface area contributed by atoms with E-state index in [0.717, 1.165) is 10.9 Å². The van der Waals surface area contributed by atoms with Crippen LogP contribution in [0.2, 0.25) is 0 Å². The lowest BCUT2D eigenvalue weighted by Gasteiger charge is -2.11. The number of amides is 1. The molecule has 0 bridgehead atoms. The van der Waals surface area contributed by atoms with Gasteiger partial charge in [0.1, 0.15) is 0 Å². The van der Waals surface area contributed by atoms with Crippen LogP contribution >= 0.6 is 15.9 Å². The zero-order valence-electron chi connectivity index (χ0n) is 11.7. The molecule has 3 nitrogen and oxygen atoms in total. The molecule has 4 heteroatoms. The third-order valence-electron chi connectivity index (χ3n) is 3.01. The van der Waals surface area contributed by atoms with Crippen molar-refractivity contribution in [1.29, 1.82) is 0 Å². The lowest BCUT2D eigenvalue weighted by atomic mass is 10.0. The number of rotatable bonds is 5. The number of carbonyl (C=O) groups excluding carboxylic acids is 2. The average Bonchev–Trinajstić information content (AvgIpc) is 2.49. The summed E-state index contributed by atoms with van der Waals surface area (Å²) in [5.41, 5.74) is 1.63. The number of halogens is 1. The molecule has 2 aromatic rings. The molecular formula is C17H16BrNO2. The summed E-state index contributed by atoms with van der Waals surface area (Å²) in [5, 5.41) is 2.81. The van der Waals surface area contributed by atoms with Gasteiger partial charge < -0.3 is 5.32 Å². The first-order chi connectivity index (χ1) is 10.1. The minimum absolute atomic E-state index is 0.0815. The Morgan fingerprint density at radius 2 is 1.81 bits per heavy atom. The fourth-order valence-corrected chi connectivity index (χ4v) is 2.36. The highest BCUT2D eigenvalue weighted by Crippen LogP contribution is 2.24. The topological polar surface area (TPSA) is 46.2 Å². The maximum absolute atomic E-state index is 12.6. The summed E-state index contributed by atoms with van der Waals surface area (Å²) in [6.45, 7) is 1.94. The van der Waals surface area contributed by atoms with E-state index in [9.17, 15) is 9.59 Å². The summed E-state index contributed by atoms with van der Waals surface area (Å²) in [6.07, 6.45) is 1.21. The van der Waals surface area contributed by atoms with Crippen molar-refractivity contribution in [3.8, 4) is 0 Å². The number of anilines is 1. The Hall–Kier alpha value is -1.94. The van der Waals surface area contributed by atoms with Gasteiger partial charge >= 0.3 is 0 Å². The van der Waals surface area contributed by atoms with Crippen LogP contribution in [0.5, 0.6) is 0 Å². The van der Waals surface area contributed by atoms with Gasteiger partial charge in [-0.25, -0.2) is 0 Å². The highest BCUT2D eigenvalue weighted by Gasteiger charge is 2.15. The number of hydrogen-bond acceptors (Lipinski definition) is 2. The molecule has 0 saturated heterocycles. The van der Waals surface area contributed by atoms with Crippen LogP contribution in [0.4, 0.5) is 5.69 Å². The summed E-state index contributed by atoms with van der Waals surface area (Å²) in [4.78, 5) is 24.4. The molecule has 0 radical (unpaired) electrons. The average molecular weight is 346 g/mol. The second-order valence-electron chi connectivity index (χ2n) is 4.68. The van der Waals surface area contributed by atoms with Crippen LogP contribution in [0.1, 0.15) is 35.7 Å². The number of hydrogen-bond donors (Lipinski definition) is 1. The van der Waals surface area contributed by atoms with Crippen LogP contribution < -0.4 is 5.32 Å². The van der Waals surface area contributed by atoms with E-state index < -0.39 is 0 Å².